The first-order valence-electron chi connectivity index (χ1n) is 3.50. The molecule has 0 aromatic heterocycles. The predicted octanol–water partition coefficient (Wildman–Crippen LogP) is 0.112. The second kappa shape index (κ2) is 4.09. The summed E-state index contributed by atoms with van der Waals surface area (Å²) < 4.78 is 0. The number of likely N-dealkylation sites (N-methyl/N-ethyl adjacent to an activating group) is 1. The fourth-order valence-corrected chi connectivity index (χ4v) is 1.22. The van der Waals surface area contributed by atoms with Crippen LogP contribution in [0.15, 0.2) is 0 Å². The standard InChI is InChI=1S/C7H16N2OS/c1-7(2,8)5-9(3)4-6(10)11/h4-5,8H2,1-3H3,(H,10,11). The van der Waals surface area contributed by atoms with Crippen LogP contribution in [0.5, 0.6) is 0 Å². The van der Waals surface area contributed by atoms with Crippen LogP contribution in [-0.4, -0.2) is 35.7 Å². The van der Waals surface area contributed by atoms with Crippen molar-refractivity contribution in [3.63, 3.8) is 0 Å². The molecule has 0 rings (SSSR count). The Morgan fingerprint density at radius 2 is 2.09 bits per heavy atom. The Bertz CT molecular complexity index is 142. The van der Waals surface area contributed by atoms with Gasteiger partial charge < -0.3 is 5.73 Å². The number of carbonyl (C=O) groups is 1. The summed E-state index contributed by atoms with van der Waals surface area (Å²) in [6.07, 6.45) is 0. The lowest BCUT2D eigenvalue weighted by Crippen LogP contribution is -2.44. The van der Waals surface area contributed by atoms with Crippen LogP contribution in [0.4, 0.5) is 0 Å². The molecule has 0 atom stereocenters. The van der Waals surface area contributed by atoms with Crippen LogP contribution < -0.4 is 5.73 Å². The lowest BCUT2D eigenvalue weighted by atomic mass is 10.1. The van der Waals surface area contributed by atoms with Gasteiger partial charge in [-0.25, -0.2) is 0 Å². The number of nitrogens with zero attached hydrogens (tertiary/aromatic N) is 1. The van der Waals surface area contributed by atoms with Gasteiger partial charge in [0.15, 0.2) is 5.12 Å². The molecular formula is C7H16N2OS. The van der Waals surface area contributed by atoms with Gasteiger partial charge >= 0.3 is 0 Å². The zero-order chi connectivity index (χ0) is 9.07. The van der Waals surface area contributed by atoms with Crippen LogP contribution in [0.25, 0.3) is 0 Å². The maximum atomic E-state index is 10.5. The van der Waals surface area contributed by atoms with E-state index in [1.807, 2.05) is 25.8 Å². The number of hydrogen-bond acceptors (Lipinski definition) is 3. The summed E-state index contributed by atoms with van der Waals surface area (Å²) in [6, 6.07) is 0. The van der Waals surface area contributed by atoms with Crippen molar-refractivity contribution >= 4 is 17.7 Å². The molecule has 0 aliphatic rings. The van der Waals surface area contributed by atoms with Gasteiger partial charge in [0.25, 0.3) is 0 Å². The minimum atomic E-state index is -0.252. The zero-order valence-corrected chi connectivity index (χ0v) is 8.19. The molecular weight excluding hydrogens is 160 g/mol. The van der Waals surface area contributed by atoms with Gasteiger partial charge in [-0.1, -0.05) is 0 Å². The summed E-state index contributed by atoms with van der Waals surface area (Å²) in [5.74, 6) is 0. The average molecular weight is 176 g/mol. The van der Waals surface area contributed by atoms with Crippen molar-refractivity contribution in [2.24, 2.45) is 5.73 Å². The summed E-state index contributed by atoms with van der Waals surface area (Å²) in [5, 5.41) is -0.128. The highest BCUT2D eigenvalue weighted by atomic mass is 32.1. The highest BCUT2D eigenvalue weighted by molar-refractivity contribution is 7.96. The van der Waals surface area contributed by atoms with Gasteiger partial charge in [-0.2, -0.15) is 0 Å². The first kappa shape index (κ1) is 10.9. The lowest BCUT2D eigenvalue weighted by Gasteiger charge is -2.25. The van der Waals surface area contributed by atoms with Crippen LogP contribution in [0.3, 0.4) is 0 Å². The Morgan fingerprint density at radius 3 is 2.36 bits per heavy atom. The monoisotopic (exact) mass is 176 g/mol. The Hall–Kier alpha value is -0.0600. The Balaban J connectivity index is 3.69. The molecule has 0 unspecified atom stereocenters. The zero-order valence-electron chi connectivity index (χ0n) is 7.29. The van der Waals surface area contributed by atoms with E-state index in [1.54, 1.807) is 0 Å². The SMILES string of the molecule is CN(CC(=O)S)CC(C)(C)N. The number of thiol groups is 1. The maximum Gasteiger partial charge on any atom is 0.199 e. The largest absolute Gasteiger partial charge is 0.324 e. The van der Waals surface area contributed by atoms with Crippen LogP contribution >= 0.6 is 12.6 Å². The third kappa shape index (κ3) is 7.84. The molecule has 0 heterocycles. The van der Waals surface area contributed by atoms with Gasteiger partial charge in [0, 0.05) is 12.1 Å². The highest BCUT2D eigenvalue weighted by Crippen LogP contribution is 1.99. The molecule has 4 heteroatoms. The highest BCUT2D eigenvalue weighted by Gasteiger charge is 2.14. The van der Waals surface area contributed by atoms with Gasteiger partial charge in [0.05, 0.1) is 6.54 Å². The second-order valence-corrected chi connectivity index (χ2v) is 4.05. The maximum absolute atomic E-state index is 10.5. The normalized spacial score (nSPS) is 12.2. The summed E-state index contributed by atoms with van der Waals surface area (Å²) in [6.45, 7) is 4.89. The van der Waals surface area contributed by atoms with E-state index in [0.717, 1.165) is 0 Å². The summed E-state index contributed by atoms with van der Waals surface area (Å²) in [4.78, 5) is 12.4. The van der Waals surface area contributed by atoms with Crippen molar-refractivity contribution in [3.8, 4) is 0 Å². The van der Waals surface area contributed by atoms with Crippen molar-refractivity contribution in [3.05, 3.63) is 0 Å². The predicted molar refractivity (Wildman–Crippen MR) is 49.8 cm³/mol. The topological polar surface area (TPSA) is 46.3 Å². The summed E-state index contributed by atoms with van der Waals surface area (Å²) in [5.41, 5.74) is 5.48. The van der Waals surface area contributed by atoms with Gasteiger partial charge in [0.2, 0.25) is 0 Å². The molecule has 0 saturated heterocycles. The van der Waals surface area contributed by atoms with Crippen molar-refractivity contribution in [2.45, 2.75) is 19.4 Å². The van der Waals surface area contributed by atoms with Gasteiger partial charge in [-0.15, -0.1) is 12.6 Å². The molecule has 0 aliphatic heterocycles. The van der Waals surface area contributed by atoms with Crippen molar-refractivity contribution in [2.75, 3.05) is 20.1 Å². The molecule has 0 amide bonds. The van der Waals surface area contributed by atoms with Crippen LogP contribution in [0.2, 0.25) is 0 Å². The van der Waals surface area contributed by atoms with E-state index in [2.05, 4.69) is 12.6 Å². The van der Waals surface area contributed by atoms with Crippen LogP contribution in [0, 0.1) is 0 Å². The fourth-order valence-electron chi connectivity index (χ4n) is 0.982. The second-order valence-electron chi connectivity index (χ2n) is 3.55. The Kier molecular flexibility index (Phi) is 4.07. The fraction of sp³-hybridized carbons (Fsp3) is 0.857. The molecule has 0 aromatic rings. The van der Waals surface area contributed by atoms with Gasteiger partial charge in [-0.05, 0) is 20.9 Å². The van der Waals surface area contributed by atoms with Crippen molar-refractivity contribution < 1.29 is 4.79 Å². The molecule has 66 valence electrons. The average Bonchev–Trinajstić information content (AvgIpc) is 1.53. The first-order chi connectivity index (χ1) is 4.81. The molecule has 11 heavy (non-hydrogen) atoms. The van der Waals surface area contributed by atoms with E-state index in [-0.39, 0.29) is 10.7 Å². The van der Waals surface area contributed by atoms with E-state index in [0.29, 0.717) is 13.1 Å². The Labute approximate surface area is 73.3 Å². The molecule has 0 spiro atoms. The molecule has 0 fully saturated rings. The first-order valence-corrected chi connectivity index (χ1v) is 3.95. The van der Waals surface area contributed by atoms with Crippen molar-refractivity contribution in [1.29, 1.82) is 0 Å². The van der Waals surface area contributed by atoms with Gasteiger partial charge in [-0.3, -0.25) is 9.69 Å². The van der Waals surface area contributed by atoms with E-state index in [9.17, 15) is 4.79 Å². The molecule has 0 radical (unpaired) electrons. The minimum absolute atomic E-state index is 0.128. The lowest BCUT2D eigenvalue weighted by molar-refractivity contribution is -0.111. The number of rotatable bonds is 4. The molecule has 0 aromatic carbocycles. The summed E-state index contributed by atoms with van der Waals surface area (Å²) >= 11 is 3.67. The molecule has 0 aliphatic carbocycles. The van der Waals surface area contributed by atoms with Gasteiger partial charge in [0.1, 0.15) is 0 Å². The third-order valence-corrected chi connectivity index (χ3v) is 1.22. The molecule has 3 nitrogen and oxygen atoms in total. The van der Waals surface area contributed by atoms with Crippen LogP contribution in [0.1, 0.15) is 13.8 Å². The van der Waals surface area contributed by atoms with E-state index in [1.165, 1.54) is 0 Å². The number of nitrogens with two attached hydrogens (primary N) is 1. The van der Waals surface area contributed by atoms with E-state index in [4.69, 9.17) is 5.73 Å². The minimum Gasteiger partial charge on any atom is -0.324 e. The summed E-state index contributed by atoms with van der Waals surface area (Å²) in [7, 11) is 1.85. The smallest absolute Gasteiger partial charge is 0.199 e. The quantitative estimate of drug-likeness (QED) is 0.598. The third-order valence-electron chi connectivity index (χ3n) is 1.08. The van der Waals surface area contributed by atoms with E-state index < -0.39 is 0 Å². The number of carbonyl (C=O) groups excluding carboxylic acids is 1. The Morgan fingerprint density at radius 1 is 1.64 bits per heavy atom. The van der Waals surface area contributed by atoms with Crippen LogP contribution in [-0.2, 0) is 4.79 Å². The molecule has 0 bridgehead atoms. The molecule has 0 saturated carbocycles. The number of hydrogen-bond donors (Lipinski definition) is 2. The van der Waals surface area contributed by atoms with E-state index >= 15 is 0 Å². The van der Waals surface area contributed by atoms with Crippen molar-refractivity contribution in [1.82, 2.24) is 4.90 Å². The molecule has 2 N–H and O–H groups in total.